The standard InChI is InChI=1S/C8H19O7P/c9-1-2-13-3-4-14-5-6-15-7-8-16(10,11)12/h9H,1-8H2,(H2,10,11,12). The molecule has 8 heteroatoms. The van der Waals surface area contributed by atoms with Crippen molar-refractivity contribution < 1.29 is 33.7 Å². The molecule has 0 fully saturated rings. The van der Waals surface area contributed by atoms with E-state index in [-0.39, 0.29) is 19.4 Å². The van der Waals surface area contributed by atoms with Crippen molar-refractivity contribution in [3.63, 3.8) is 0 Å². The zero-order chi connectivity index (χ0) is 12.3. The summed E-state index contributed by atoms with van der Waals surface area (Å²) >= 11 is 0. The zero-order valence-corrected chi connectivity index (χ0v) is 9.97. The SMILES string of the molecule is O=P(O)(O)CCOCCOCCOCCO. The van der Waals surface area contributed by atoms with E-state index in [0.29, 0.717) is 33.0 Å². The number of hydrogen-bond acceptors (Lipinski definition) is 5. The van der Waals surface area contributed by atoms with E-state index >= 15 is 0 Å². The highest BCUT2D eigenvalue weighted by atomic mass is 31.2. The third kappa shape index (κ3) is 14.0. The van der Waals surface area contributed by atoms with Crippen molar-refractivity contribution in [2.24, 2.45) is 0 Å². The first kappa shape index (κ1) is 16.0. The molecule has 0 rings (SSSR count). The van der Waals surface area contributed by atoms with Gasteiger partial charge in [0.1, 0.15) is 0 Å². The van der Waals surface area contributed by atoms with E-state index in [9.17, 15) is 4.57 Å². The molecule has 0 bridgehead atoms. The van der Waals surface area contributed by atoms with Gasteiger partial charge in [-0.2, -0.15) is 0 Å². The molecule has 3 N–H and O–H groups in total. The van der Waals surface area contributed by atoms with Gasteiger partial charge in [0, 0.05) is 0 Å². The van der Waals surface area contributed by atoms with Crippen LogP contribution in [0.1, 0.15) is 0 Å². The topological polar surface area (TPSA) is 105 Å². The molecule has 0 aliphatic carbocycles. The summed E-state index contributed by atoms with van der Waals surface area (Å²) in [5.74, 6) is 0. The maximum Gasteiger partial charge on any atom is 0.327 e. The predicted molar refractivity (Wildman–Crippen MR) is 56.5 cm³/mol. The fourth-order valence-electron chi connectivity index (χ4n) is 0.790. The van der Waals surface area contributed by atoms with Crippen molar-refractivity contribution in [3.8, 4) is 0 Å². The summed E-state index contributed by atoms with van der Waals surface area (Å²) in [5.41, 5.74) is 0. The Kier molecular flexibility index (Phi) is 10.2. The Hall–Kier alpha value is -0.0100. The molecule has 0 saturated heterocycles. The molecule has 0 aromatic rings. The Morgan fingerprint density at radius 3 is 1.69 bits per heavy atom. The van der Waals surface area contributed by atoms with Gasteiger partial charge >= 0.3 is 7.60 Å². The van der Waals surface area contributed by atoms with Crippen molar-refractivity contribution in [2.75, 3.05) is 52.4 Å². The average molecular weight is 258 g/mol. The number of hydrogen-bond donors (Lipinski definition) is 3. The van der Waals surface area contributed by atoms with Gasteiger partial charge in [-0.15, -0.1) is 0 Å². The highest BCUT2D eigenvalue weighted by Crippen LogP contribution is 2.33. The molecule has 0 amide bonds. The molecule has 16 heavy (non-hydrogen) atoms. The summed E-state index contributed by atoms with van der Waals surface area (Å²) < 4.78 is 25.4. The van der Waals surface area contributed by atoms with Crippen LogP contribution in [0.25, 0.3) is 0 Å². The first-order valence-corrected chi connectivity index (χ1v) is 6.74. The second-order valence-corrected chi connectivity index (χ2v) is 4.73. The summed E-state index contributed by atoms with van der Waals surface area (Å²) in [6.07, 6.45) is -0.271. The minimum absolute atomic E-state index is 0.00845. The van der Waals surface area contributed by atoms with Crippen LogP contribution in [-0.4, -0.2) is 67.3 Å². The summed E-state index contributed by atoms with van der Waals surface area (Å²) in [6, 6.07) is 0. The molecule has 0 aliphatic heterocycles. The van der Waals surface area contributed by atoms with Gasteiger partial charge in [0.25, 0.3) is 0 Å². The molecule has 0 aromatic heterocycles. The second-order valence-electron chi connectivity index (χ2n) is 2.95. The molecule has 0 spiro atoms. The van der Waals surface area contributed by atoms with Gasteiger partial charge in [-0.25, -0.2) is 0 Å². The van der Waals surface area contributed by atoms with Gasteiger partial charge in [-0.3, -0.25) is 4.57 Å². The first-order valence-electron chi connectivity index (χ1n) is 4.95. The van der Waals surface area contributed by atoms with E-state index in [4.69, 9.17) is 29.1 Å². The lowest BCUT2D eigenvalue weighted by Gasteiger charge is -2.06. The molecule has 0 saturated carbocycles. The van der Waals surface area contributed by atoms with Gasteiger partial charge in [-0.05, 0) is 0 Å². The quantitative estimate of drug-likeness (QED) is 0.329. The predicted octanol–water partition coefficient (Wildman–Crippen LogP) is -0.794. The summed E-state index contributed by atoms with van der Waals surface area (Å²) in [7, 11) is -3.95. The van der Waals surface area contributed by atoms with Crippen LogP contribution < -0.4 is 0 Å². The van der Waals surface area contributed by atoms with Gasteiger partial charge in [0.2, 0.25) is 0 Å². The number of rotatable bonds is 11. The third-order valence-electron chi connectivity index (χ3n) is 1.51. The van der Waals surface area contributed by atoms with Crippen LogP contribution in [0, 0.1) is 0 Å². The molecular weight excluding hydrogens is 239 g/mol. The Morgan fingerprint density at radius 1 is 0.812 bits per heavy atom. The highest BCUT2D eigenvalue weighted by molar-refractivity contribution is 7.51. The highest BCUT2D eigenvalue weighted by Gasteiger charge is 2.11. The van der Waals surface area contributed by atoms with Crippen molar-refractivity contribution in [1.29, 1.82) is 0 Å². The van der Waals surface area contributed by atoms with E-state index in [0.717, 1.165) is 0 Å². The molecule has 98 valence electrons. The molecule has 0 radical (unpaired) electrons. The van der Waals surface area contributed by atoms with Gasteiger partial charge in [0.15, 0.2) is 0 Å². The van der Waals surface area contributed by atoms with Gasteiger partial charge < -0.3 is 29.1 Å². The van der Waals surface area contributed by atoms with Gasteiger partial charge in [0.05, 0.1) is 52.4 Å². The second kappa shape index (κ2) is 10.2. The molecule has 0 heterocycles. The maximum absolute atomic E-state index is 10.4. The fourth-order valence-corrected chi connectivity index (χ4v) is 1.16. The van der Waals surface area contributed by atoms with E-state index < -0.39 is 7.60 Å². The van der Waals surface area contributed by atoms with Crippen LogP contribution in [0.2, 0.25) is 0 Å². The van der Waals surface area contributed by atoms with Crippen molar-refractivity contribution in [1.82, 2.24) is 0 Å². The number of aliphatic hydroxyl groups is 1. The minimum atomic E-state index is -3.95. The Balaban J connectivity index is 3.02. The maximum atomic E-state index is 10.4. The molecule has 7 nitrogen and oxygen atoms in total. The average Bonchev–Trinajstić information content (AvgIpc) is 2.19. The molecular formula is C8H19O7P. The summed E-state index contributed by atoms with van der Waals surface area (Å²) in [5, 5.41) is 8.38. The van der Waals surface area contributed by atoms with Crippen LogP contribution in [0.4, 0.5) is 0 Å². The minimum Gasteiger partial charge on any atom is -0.394 e. The van der Waals surface area contributed by atoms with E-state index in [1.54, 1.807) is 0 Å². The Labute approximate surface area is 94.5 Å². The van der Waals surface area contributed by atoms with E-state index in [1.807, 2.05) is 0 Å². The lowest BCUT2D eigenvalue weighted by molar-refractivity contribution is 0.00959. The zero-order valence-electron chi connectivity index (χ0n) is 9.08. The monoisotopic (exact) mass is 258 g/mol. The summed E-state index contributed by atoms with van der Waals surface area (Å²) in [4.78, 5) is 17.0. The Bertz CT molecular complexity index is 193. The van der Waals surface area contributed by atoms with Crippen molar-refractivity contribution in [2.45, 2.75) is 0 Å². The van der Waals surface area contributed by atoms with Crippen LogP contribution >= 0.6 is 7.60 Å². The van der Waals surface area contributed by atoms with E-state index in [2.05, 4.69) is 0 Å². The van der Waals surface area contributed by atoms with Crippen molar-refractivity contribution in [3.05, 3.63) is 0 Å². The molecule has 0 aromatic carbocycles. The largest absolute Gasteiger partial charge is 0.394 e. The number of aliphatic hydroxyl groups excluding tert-OH is 1. The van der Waals surface area contributed by atoms with E-state index in [1.165, 1.54) is 0 Å². The van der Waals surface area contributed by atoms with Crippen LogP contribution in [0.15, 0.2) is 0 Å². The lowest BCUT2D eigenvalue weighted by Crippen LogP contribution is -2.11. The molecule has 0 atom stereocenters. The van der Waals surface area contributed by atoms with Crippen LogP contribution in [0.5, 0.6) is 0 Å². The van der Waals surface area contributed by atoms with Crippen LogP contribution in [0.3, 0.4) is 0 Å². The van der Waals surface area contributed by atoms with Gasteiger partial charge in [-0.1, -0.05) is 0 Å². The lowest BCUT2D eigenvalue weighted by atomic mass is 10.7. The molecule has 0 aliphatic rings. The third-order valence-corrected chi connectivity index (χ3v) is 2.27. The smallest absolute Gasteiger partial charge is 0.327 e. The first-order chi connectivity index (χ1) is 7.56. The van der Waals surface area contributed by atoms with Crippen LogP contribution in [-0.2, 0) is 18.8 Å². The Morgan fingerprint density at radius 2 is 1.25 bits per heavy atom. The fraction of sp³-hybridized carbons (Fsp3) is 1.00. The summed E-state index contributed by atoms with van der Waals surface area (Å²) in [6.45, 7) is 1.76. The normalized spacial score (nSPS) is 11.9. The van der Waals surface area contributed by atoms with Crippen molar-refractivity contribution >= 4 is 7.60 Å². The number of ether oxygens (including phenoxy) is 3. The molecule has 0 unspecified atom stereocenters.